The van der Waals surface area contributed by atoms with Gasteiger partial charge < -0.3 is 11.1 Å². The van der Waals surface area contributed by atoms with Crippen molar-refractivity contribution in [1.29, 1.82) is 0 Å². The smallest absolute Gasteiger partial charge is 0.251 e. The Kier molecular flexibility index (Phi) is 7.27. The Morgan fingerprint density at radius 1 is 0.875 bits per heavy atom. The Bertz CT molecular complexity index is 1090. The van der Waals surface area contributed by atoms with Crippen LogP contribution in [0.1, 0.15) is 21.5 Å². The number of nitrogens with one attached hydrogen (secondary N) is 1. The summed E-state index contributed by atoms with van der Waals surface area (Å²) in [5, 5.41) is 5.50. The molecule has 5 nitrogen and oxygen atoms in total. The van der Waals surface area contributed by atoms with Crippen molar-refractivity contribution >= 4 is 22.4 Å². The number of nitrogens with zero attached hydrogens (tertiary/aromatic N) is 2. The monoisotopic (exact) mass is 442 g/mol. The number of nitrogens with two attached hydrogens (primary N) is 1. The van der Waals surface area contributed by atoms with Gasteiger partial charge in [-0.3, -0.25) is 9.69 Å². The lowest BCUT2D eigenvalue weighted by Gasteiger charge is -2.23. The first-order chi connectivity index (χ1) is 15.7. The minimum Gasteiger partial charge on any atom is -0.375 e. The van der Waals surface area contributed by atoms with E-state index in [-0.39, 0.29) is 5.91 Å². The van der Waals surface area contributed by atoms with Crippen LogP contribution in [0.3, 0.4) is 0 Å². The summed E-state index contributed by atoms with van der Waals surface area (Å²) in [6.07, 6.45) is 0. The summed E-state index contributed by atoms with van der Waals surface area (Å²) in [5.74, 6) is -0.0753. The highest BCUT2D eigenvalue weighted by Crippen LogP contribution is 2.23. The Balaban J connectivity index is 1.34. The molecule has 32 heavy (non-hydrogen) atoms. The summed E-state index contributed by atoms with van der Waals surface area (Å²) >= 11 is 1.41. The van der Waals surface area contributed by atoms with E-state index in [0.717, 1.165) is 30.9 Å². The maximum Gasteiger partial charge on any atom is 0.251 e. The second-order valence-electron chi connectivity index (χ2n) is 7.59. The van der Waals surface area contributed by atoms with Crippen molar-refractivity contribution < 1.29 is 4.79 Å². The number of carbonyl (C=O) groups is 1. The molecule has 1 amide bonds. The molecule has 0 bridgehead atoms. The quantitative estimate of drug-likeness (QED) is 0.390. The van der Waals surface area contributed by atoms with Gasteiger partial charge in [-0.2, -0.15) is 0 Å². The number of thiazole rings is 1. The Hall–Kier alpha value is -3.48. The molecule has 0 saturated heterocycles. The van der Waals surface area contributed by atoms with Crippen molar-refractivity contribution in [1.82, 2.24) is 15.2 Å². The summed E-state index contributed by atoms with van der Waals surface area (Å²) in [4.78, 5) is 19.3. The molecule has 1 heterocycles. The van der Waals surface area contributed by atoms with Crippen molar-refractivity contribution in [2.75, 3.05) is 18.8 Å². The molecule has 1 aromatic heterocycles. The summed E-state index contributed by atoms with van der Waals surface area (Å²) in [6, 6.07) is 28.3. The molecule has 4 rings (SSSR count). The summed E-state index contributed by atoms with van der Waals surface area (Å²) in [5.41, 5.74) is 10.6. The fourth-order valence-corrected chi connectivity index (χ4v) is 4.11. The molecular weight excluding hydrogens is 416 g/mol. The zero-order valence-electron chi connectivity index (χ0n) is 17.8. The topological polar surface area (TPSA) is 71.2 Å². The predicted octanol–water partition coefficient (Wildman–Crippen LogP) is 4.82. The lowest BCUT2D eigenvalue weighted by atomic mass is 10.1. The molecule has 0 aliphatic heterocycles. The van der Waals surface area contributed by atoms with Crippen LogP contribution in [-0.2, 0) is 13.1 Å². The van der Waals surface area contributed by atoms with E-state index in [9.17, 15) is 4.79 Å². The fourth-order valence-electron chi connectivity index (χ4n) is 3.54. The number of hydrogen-bond donors (Lipinski definition) is 2. The molecule has 3 N–H and O–H groups in total. The molecule has 0 fully saturated rings. The van der Waals surface area contributed by atoms with Crippen LogP contribution in [0.2, 0.25) is 0 Å². The molecule has 0 spiro atoms. The molecule has 4 aromatic rings. The first-order valence-electron chi connectivity index (χ1n) is 10.6. The van der Waals surface area contributed by atoms with Crippen LogP contribution in [0.5, 0.6) is 0 Å². The third-order valence-corrected chi connectivity index (χ3v) is 5.85. The number of aromatic nitrogens is 1. The van der Waals surface area contributed by atoms with Gasteiger partial charge in [0.1, 0.15) is 0 Å². The Labute approximate surface area is 192 Å². The highest BCUT2D eigenvalue weighted by atomic mass is 32.1. The molecule has 0 atom stereocenters. The minimum atomic E-state index is -0.0753. The molecule has 0 radical (unpaired) electrons. The molecule has 6 heteroatoms. The van der Waals surface area contributed by atoms with E-state index < -0.39 is 0 Å². The maximum absolute atomic E-state index is 12.6. The van der Waals surface area contributed by atoms with Crippen molar-refractivity contribution in [2.24, 2.45) is 0 Å². The van der Waals surface area contributed by atoms with Crippen LogP contribution in [0.15, 0.2) is 90.3 Å². The van der Waals surface area contributed by atoms with Gasteiger partial charge in [-0.1, -0.05) is 72.8 Å². The van der Waals surface area contributed by atoms with E-state index in [1.807, 2.05) is 41.8 Å². The van der Waals surface area contributed by atoms with Gasteiger partial charge in [0.15, 0.2) is 5.13 Å². The van der Waals surface area contributed by atoms with Gasteiger partial charge >= 0.3 is 0 Å². The molecule has 0 unspecified atom stereocenters. The van der Waals surface area contributed by atoms with Crippen molar-refractivity contribution in [3.05, 3.63) is 107 Å². The van der Waals surface area contributed by atoms with Crippen LogP contribution < -0.4 is 11.1 Å². The van der Waals surface area contributed by atoms with Crippen molar-refractivity contribution in [3.63, 3.8) is 0 Å². The standard InChI is InChI=1S/C26H26N4OS/c27-26-29-24(19-32-26)22-11-13-23(14-12-22)25(31)28-15-16-30(17-20-7-3-1-4-8-20)18-21-9-5-2-6-10-21/h1-14,19H,15-18H2,(H2,27,29)(H,28,31). The molecule has 0 aliphatic rings. The average Bonchev–Trinajstić information content (AvgIpc) is 3.26. The first-order valence-corrected chi connectivity index (χ1v) is 11.5. The van der Waals surface area contributed by atoms with Gasteiger partial charge in [-0.25, -0.2) is 4.98 Å². The SMILES string of the molecule is Nc1nc(-c2ccc(C(=O)NCCN(Cc3ccccc3)Cc3ccccc3)cc2)cs1. The average molecular weight is 443 g/mol. The second-order valence-corrected chi connectivity index (χ2v) is 8.48. The van der Waals surface area contributed by atoms with Gasteiger partial charge in [-0.05, 0) is 23.3 Å². The number of hydrogen-bond acceptors (Lipinski definition) is 5. The number of rotatable bonds is 9. The van der Waals surface area contributed by atoms with Crippen LogP contribution in [-0.4, -0.2) is 28.9 Å². The van der Waals surface area contributed by atoms with Gasteiger partial charge in [0.05, 0.1) is 5.69 Å². The first kappa shape index (κ1) is 21.7. The minimum absolute atomic E-state index is 0.0753. The Morgan fingerprint density at radius 2 is 1.47 bits per heavy atom. The third-order valence-electron chi connectivity index (χ3n) is 5.18. The van der Waals surface area contributed by atoms with E-state index in [1.165, 1.54) is 22.5 Å². The zero-order chi connectivity index (χ0) is 22.2. The van der Waals surface area contributed by atoms with Gasteiger partial charge in [0.25, 0.3) is 5.91 Å². The van der Waals surface area contributed by atoms with Crippen molar-refractivity contribution in [2.45, 2.75) is 13.1 Å². The fraction of sp³-hybridized carbons (Fsp3) is 0.154. The molecular formula is C26H26N4OS. The van der Waals surface area contributed by atoms with Gasteiger partial charge in [-0.15, -0.1) is 11.3 Å². The number of amides is 1. The third kappa shape index (κ3) is 6.03. The largest absolute Gasteiger partial charge is 0.375 e. The van der Waals surface area contributed by atoms with E-state index >= 15 is 0 Å². The predicted molar refractivity (Wildman–Crippen MR) is 131 cm³/mol. The molecule has 3 aromatic carbocycles. The highest BCUT2D eigenvalue weighted by Gasteiger charge is 2.10. The molecule has 0 aliphatic carbocycles. The lowest BCUT2D eigenvalue weighted by molar-refractivity contribution is 0.0947. The summed E-state index contributed by atoms with van der Waals surface area (Å²) in [6.45, 7) is 2.99. The summed E-state index contributed by atoms with van der Waals surface area (Å²) in [7, 11) is 0. The van der Waals surface area contributed by atoms with E-state index in [4.69, 9.17) is 5.73 Å². The number of carbonyl (C=O) groups excluding carboxylic acids is 1. The van der Waals surface area contributed by atoms with Crippen LogP contribution in [0.4, 0.5) is 5.13 Å². The van der Waals surface area contributed by atoms with Crippen LogP contribution in [0.25, 0.3) is 11.3 Å². The summed E-state index contributed by atoms with van der Waals surface area (Å²) < 4.78 is 0. The van der Waals surface area contributed by atoms with E-state index in [2.05, 4.69) is 63.7 Å². The lowest BCUT2D eigenvalue weighted by Crippen LogP contribution is -2.34. The molecule has 162 valence electrons. The Morgan fingerprint density at radius 3 is 2.00 bits per heavy atom. The highest BCUT2D eigenvalue weighted by molar-refractivity contribution is 7.13. The van der Waals surface area contributed by atoms with E-state index in [0.29, 0.717) is 17.2 Å². The van der Waals surface area contributed by atoms with Crippen LogP contribution in [0, 0.1) is 0 Å². The van der Waals surface area contributed by atoms with Crippen molar-refractivity contribution in [3.8, 4) is 11.3 Å². The van der Waals surface area contributed by atoms with E-state index in [1.54, 1.807) is 0 Å². The number of anilines is 1. The van der Waals surface area contributed by atoms with Crippen LogP contribution >= 0.6 is 11.3 Å². The van der Waals surface area contributed by atoms with Gasteiger partial charge in [0.2, 0.25) is 0 Å². The number of benzene rings is 3. The molecule has 0 saturated carbocycles. The normalized spacial score (nSPS) is 10.9. The number of nitrogen functional groups attached to an aromatic ring is 1. The zero-order valence-corrected chi connectivity index (χ0v) is 18.6. The maximum atomic E-state index is 12.6. The van der Waals surface area contributed by atoms with Gasteiger partial charge in [0, 0.05) is 42.7 Å². The second kappa shape index (κ2) is 10.7.